The van der Waals surface area contributed by atoms with Gasteiger partial charge in [-0.1, -0.05) is 6.92 Å². The van der Waals surface area contributed by atoms with Crippen molar-refractivity contribution in [3.8, 4) is 0 Å². The van der Waals surface area contributed by atoms with Crippen molar-refractivity contribution in [2.75, 3.05) is 39.8 Å². The van der Waals surface area contributed by atoms with Crippen molar-refractivity contribution in [1.82, 2.24) is 15.1 Å². The Morgan fingerprint density at radius 3 is 2.36 bits per heavy atom. The molecule has 0 radical (unpaired) electrons. The molecule has 2 rings (SSSR count). The minimum Gasteiger partial charge on any atom is -0.309 e. The van der Waals surface area contributed by atoms with Crippen molar-refractivity contribution in [2.24, 2.45) is 0 Å². The van der Waals surface area contributed by atoms with Crippen LogP contribution < -0.4 is 5.32 Å². The van der Waals surface area contributed by atoms with E-state index in [4.69, 9.17) is 0 Å². The summed E-state index contributed by atoms with van der Waals surface area (Å²) in [6.45, 7) is 8.52. The van der Waals surface area contributed by atoms with E-state index >= 15 is 0 Å². The lowest BCUT2D eigenvalue weighted by atomic mass is 10.0. The van der Waals surface area contributed by atoms with Gasteiger partial charge in [-0.05, 0) is 39.5 Å². The van der Waals surface area contributed by atoms with E-state index in [1.807, 2.05) is 0 Å². The number of nitrogens with zero attached hydrogens (tertiary/aromatic N) is 2. The molecule has 0 aromatic heterocycles. The molecule has 0 atom stereocenters. The minimum absolute atomic E-state index is 0.781. The van der Waals surface area contributed by atoms with E-state index in [9.17, 15) is 0 Å². The highest BCUT2D eigenvalue weighted by Gasteiger charge is 2.28. The summed E-state index contributed by atoms with van der Waals surface area (Å²) in [5.41, 5.74) is 0. The molecule has 2 fully saturated rings. The van der Waals surface area contributed by atoms with E-state index in [-0.39, 0.29) is 0 Å². The van der Waals surface area contributed by atoms with E-state index in [1.54, 1.807) is 0 Å². The number of hydrogen-bond acceptors (Lipinski definition) is 3. The summed E-state index contributed by atoms with van der Waals surface area (Å²) in [6, 6.07) is 1.57. The van der Waals surface area contributed by atoms with Gasteiger partial charge in [0.05, 0.1) is 0 Å². The van der Waals surface area contributed by atoms with Crippen molar-refractivity contribution in [2.45, 2.75) is 31.8 Å². The van der Waals surface area contributed by atoms with Gasteiger partial charge in [0.1, 0.15) is 0 Å². The van der Waals surface area contributed by atoms with Crippen LogP contribution in [0.25, 0.3) is 0 Å². The molecule has 14 heavy (non-hydrogen) atoms. The van der Waals surface area contributed by atoms with Gasteiger partial charge in [-0.25, -0.2) is 0 Å². The molecule has 0 aliphatic carbocycles. The second kappa shape index (κ2) is 4.60. The number of rotatable bonds is 3. The Kier molecular flexibility index (Phi) is 3.42. The summed E-state index contributed by atoms with van der Waals surface area (Å²) in [5, 5.41) is 3.77. The highest BCUT2D eigenvalue weighted by Crippen LogP contribution is 2.13. The minimum atomic E-state index is 0.781. The molecule has 82 valence electrons. The highest BCUT2D eigenvalue weighted by molar-refractivity contribution is 4.89. The first-order chi connectivity index (χ1) is 6.78. The molecule has 0 aromatic rings. The van der Waals surface area contributed by atoms with E-state index < -0.39 is 0 Å². The van der Waals surface area contributed by atoms with Gasteiger partial charge in [-0.3, -0.25) is 0 Å². The van der Waals surface area contributed by atoms with Gasteiger partial charge < -0.3 is 15.1 Å². The smallest absolute Gasteiger partial charge is 0.0325 e. The van der Waals surface area contributed by atoms with Gasteiger partial charge in [-0.2, -0.15) is 0 Å². The average Bonchev–Trinajstić information content (AvgIpc) is 2.13. The molecule has 2 aliphatic heterocycles. The zero-order valence-electron chi connectivity index (χ0n) is 9.50. The lowest BCUT2D eigenvalue weighted by Gasteiger charge is -2.42. The molecule has 0 saturated carbocycles. The van der Waals surface area contributed by atoms with Crippen LogP contribution in [0, 0.1) is 0 Å². The Hall–Kier alpha value is -0.120. The molecule has 0 bridgehead atoms. The summed E-state index contributed by atoms with van der Waals surface area (Å²) in [5.74, 6) is 0. The standard InChI is InChI=1S/C11H23N3/c1-3-14-8-11(9-14)12-10-4-6-13(2)7-5-10/h10-12H,3-9H2,1-2H3. The lowest BCUT2D eigenvalue weighted by Crippen LogP contribution is -2.60. The largest absolute Gasteiger partial charge is 0.309 e. The second-order valence-corrected chi connectivity index (χ2v) is 4.79. The summed E-state index contributed by atoms with van der Waals surface area (Å²) in [6.07, 6.45) is 2.66. The van der Waals surface area contributed by atoms with Gasteiger partial charge in [0.15, 0.2) is 0 Å². The third-order valence-corrected chi connectivity index (χ3v) is 3.59. The molecule has 1 N–H and O–H groups in total. The van der Waals surface area contributed by atoms with E-state index in [1.165, 1.54) is 45.6 Å². The van der Waals surface area contributed by atoms with Crippen LogP contribution >= 0.6 is 0 Å². The van der Waals surface area contributed by atoms with Crippen molar-refractivity contribution in [1.29, 1.82) is 0 Å². The Labute approximate surface area is 87.4 Å². The van der Waals surface area contributed by atoms with Gasteiger partial charge in [-0.15, -0.1) is 0 Å². The van der Waals surface area contributed by atoms with Crippen LogP contribution in [-0.2, 0) is 0 Å². The predicted octanol–water partition coefficient (Wildman–Crippen LogP) is 0.374. The molecule has 3 heteroatoms. The van der Waals surface area contributed by atoms with Crippen molar-refractivity contribution in [3.05, 3.63) is 0 Å². The molecule has 0 aromatic carbocycles. The molecular formula is C11H23N3. The van der Waals surface area contributed by atoms with Crippen molar-refractivity contribution in [3.63, 3.8) is 0 Å². The Bertz CT molecular complexity index is 169. The molecule has 3 nitrogen and oxygen atoms in total. The summed E-state index contributed by atoms with van der Waals surface area (Å²) < 4.78 is 0. The van der Waals surface area contributed by atoms with Crippen LogP contribution in [0.4, 0.5) is 0 Å². The maximum absolute atomic E-state index is 3.77. The first kappa shape index (κ1) is 10.4. The Morgan fingerprint density at radius 1 is 1.14 bits per heavy atom. The zero-order valence-corrected chi connectivity index (χ0v) is 9.50. The number of nitrogens with one attached hydrogen (secondary N) is 1. The fourth-order valence-electron chi connectivity index (χ4n) is 2.44. The third kappa shape index (κ3) is 2.47. The maximum Gasteiger partial charge on any atom is 0.0325 e. The number of likely N-dealkylation sites (tertiary alicyclic amines) is 2. The maximum atomic E-state index is 3.77. The lowest BCUT2D eigenvalue weighted by molar-refractivity contribution is 0.112. The fourth-order valence-corrected chi connectivity index (χ4v) is 2.44. The van der Waals surface area contributed by atoms with Gasteiger partial charge in [0, 0.05) is 25.2 Å². The van der Waals surface area contributed by atoms with Crippen molar-refractivity contribution >= 4 is 0 Å². The van der Waals surface area contributed by atoms with Crippen LogP contribution in [0.1, 0.15) is 19.8 Å². The van der Waals surface area contributed by atoms with Crippen LogP contribution in [0.2, 0.25) is 0 Å². The molecular weight excluding hydrogens is 174 g/mol. The normalized spacial score (nSPS) is 27.9. The quantitative estimate of drug-likeness (QED) is 0.705. The number of likely N-dealkylation sites (N-methyl/N-ethyl adjacent to an activating group) is 1. The highest BCUT2D eigenvalue weighted by atomic mass is 15.2. The van der Waals surface area contributed by atoms with Gasteiger partial charge in [0.2, 0.25) is 0 Å². The molecule has 2 aliphatic rings. The zero-order chi connectivity index (χ0) is 9.97. The third-order valence-electron chi connectivity index (χ3n) is 3.59. The molecule has 0 spiro atoms. The molecule has 2 heterocycles. The SMILES string of the molecule is CCN1CC(NC2CCN(C)CC2)C1. The Balaban J connectivity index is 1.62. The number of piperidine rings is 1. The summed E-state index contributed by atoms with van der Waals surface area (Å²) >= 11 is 0. The average molecular weight is 197 g/mol. The Morgan fingerprint density at radius 2 is 1.79 bits per heavy atom. The molecule has 2 saturated heterocycles. The van der Waals surface area contributed by atoms with Crippen LogP contribution in [0.5, 0.6) is 0 Å². The van der Waals surface area contributed by atoms with Crippen molar-refractivity contribution < 1.29 is 0 Å². The van der Waals surface area contributed by atoms with Gasteiger partial charge >= 0.3 is 0 Å². The van der Waals surface area contributed by atoms with E-state index in [2.05, 4.69) is 29.1 Å². The van der Waals surface area contributed by atoms with Crippen LogP contribution in [0.15, 0.2) is 0 Å². The summed E-state index contributed by atoms with van der Waals surface area (Å²) in [7, 11) is 2.22. The summed E-state index contributed by atoms with van der Waals surface area (Å²) in [4.78, 5) is 4.92. The second-order valence-electron chi connectivity index (χ2n) is 4.79. The van der Waals surface area contributed by atoms with E-state index in [0.717, 1.165) is 12.1 Å². The van der Waals surface area contributed by atoms with Crippen LogP contribution in [0.3, 0.4) is 0 Å². The van der Waals surface area contributed by atoms with E-state index in [0.29, 0.717) is 0 Å². The number of hydrogen-bond donors (Lipinski definition) is 1. The topological polar surface area (TPSA) is 18.5 Å². The van der Waals surface area contributed by atoms with Crippen LogP contribution in [-0.4, -0.2) is 61.7 Å². The first-order valence-electron chi connectivity index (χ1n) is 5.95. The fraction of sp³-hybridized carbons (Fsp3) is 1.00. The molecule has 0 amide bonds. The first-order valence-corrected chi connectivity index (χ1v) is 5.95. The monoisotopic (exact) mass is 197 g/mol. The predicted molar refractivity (Wildman–Crippen MR) is 59.6 cm³/mol. The van der Waals surface area contributed by atoms with Gasteiger partial charge in [0.25, 0.3) is 0 Å². The molecule has 0 unspecified atom stereocenters.